The van der Waals surface area contributed by atoms with E-state index in [0.717, 1.165) is 0 Å². The van der Waals surface area contributed by atoms with E-state index in [1.54, 1.807) is 6.92 Å². The number of hydrogen-bond donors (Lipinski definition) is 2. The van der Waals surface area contributed by atoms with Gasteiger partial charge in [0.15, 0.2) is 6.10 Å². The average molecular weight is 272 g/mol. The fourth-order valence-electron chi connectivity index (χ4n) is 1.38. The molecule has 18 heavy (non-hydrogen) atoms. The van der Waals surface area contributed by atoms with E-state index in [1.165, 1.54) is 18.2 Å². The lowest BCUT2D eigenvalue weighted by Crippen LogP contribution is -2.27. The third-order valence-corrected chi connectivity index (χ3v) is 2.60. The summed E-state index contributed by atoms with van der Waals surface area (Å²) in [7, 11) is 0. The molecule has 0 aliphatic heterocycles. The van der Waals surface area contributed by atoms with Crippen molar-refractivity contribution in [1.29, 1.82) is 0 Å². The van der Waals surface area contributed by atoms with E-state index < -0.39 is 18.0 Å². The number of aliphatic carboxylic acids is 1. The quantitative estimate of drug-likeness (QED) is 0.634. The smallest absolute Gasteiger partial charge is 0.345 e. The van der Waals surface area contributed by atoms with E-state index in [0.29, 0.717) is 12.1 Å². The molecule has 1 atom stereocenters. The van der Waals surface area contributed by atoms with Crippen molar-refractivity contribution < 1.29 is 19.4 Å². The number of carboxylic acid groups (broad SMARTS) is 1. The number of esters is 1. The van der Waals surface area contributed by atoms with Crippen LogP contribution < -0.4 is 5.73 Å². The Morgan fingerprint density at radius 3 is 2.67 bits per heavy atom. The summed E-state index contributed by atoms with van der Waals surface area (Å²) in [4.78, 5) is 22.6. The third kappa shape index (κ3) is 3.63. The number of nitrogens with two attached hydrogens (primary N) is 1. The van der Waals surface area contributed by atoms with E-state index in [9.17, 15) is 9.59 Å². The second kappa shape index (κ2) is 6.26. The minimum atomic E-state index is -1.17. The zero-order valence-electron chi connectivity index (χ0n) is 9.85. The van der Waals surface area contributed by atoms with Crippen molar-refractivity contribution in [2.75, 3.05) is 5.73 Å². The number of hydrogen-bond acceptors (Lipinski definition) is 4. The van der Waals surface area contributed by atoms with Crippen LogP contribution in [0.3, 0.4) is 0 Å². The van der Waals surface area contributed by atoms with Gasteiger partial charge in [-0.05, 0) is 24.6 Å². The van der Waals surface area contributed by atoms with Crippen LogP contribution in [0.5, 0.6) is 0 Å². The summed E-state index contributed by atoms with van der Waals surface area (Å²) in [5, 5.41) is 9.02. The molecular formula is C12H14ClNO4. The van der Waals surface area contributed by atoms with E-state index in [1.807, 2.05) is 0 Å². The Labute approximate surface area is 109 Å². The van der Waals surface area contributed by atoms with Crippen molar-refractivity contribution in [3.8, 4) is 0 Å². The summed E-state index contributed by atoms with van der Waals surface area (Å²) in [5.41, 5.74) is 6.02. The zero-order valence-corrected chi connectivity index (χ0v) is 10.6. The number of benzene rings is 1. The van der Waals surface area contributed by atoms with Crippen LogP contribution in [0.1, 0.15) is 30.1 Å². The summed E-state index contributed by atoms with van der Waals surface area (Å²) in [6, 6.07) is 4.32. The second-order valence-electron chi connectivity index (χ2n) is 3.76. The van der Waals surface area contributed by atoms with Crippen LogP contribution in [0.2, 0.25) is 5.02 Å². The Bertz CT molecular complexity index is 461. The molecular weight excluding hydrogens is 258 g/mol. The highest BCUT2D eigenvalue weighted by molar-refractivity contribution is 6.33. The lowest BCUT2D eigenvalue weighted by molar-refractivity contribution is -0.147. The molecule has 3 N–H and O–H groups in total. The Morgan fingerprint density at radius 2 is 2.17 bits per heavy atom. The molecule has 0 spiro atoms. The fourth-order valence-corrected chi connectivity index (χ4v) is 1.65. The van der Waals surface area contributed by atoms with Crippen LogP contribution in [-0.4, -0.2) is 23.1 Å². The van der Waals surface area contributed by atoms with Gasteiger partial charge >= 0.3 is 11.9 Å². The number of rotatable bonds is 5. The summed E-state index contributed by atoms with van der Waals surface area (Å²) in [5.74, 6) is -1.93. The lowest BCUT2D eigenvalue weighted by atomic mass is 10.2. The maximum atomic E-state index is 11.8. The normalized spacial score (nSPS) is 11.9. The topological polar surface area (TPSA) is 89.6 Å². The van der Waals surface area contributed by atoms with Gasteiger partial charge in [0.25, 0.3) is 0 Å². The van der Waals surface area contributed by atoms with E-state index in [4.69, 9.17) is 27.2 Å². The molecule has 0 amide bonds. The van der Waals surface area contributed by atoms with E-state index >= 15 is 0 Å². The fraction of sp³-hybridized carbons (Fsp3) is 0.333. The monoisotopic (exact) mass is 271 g/mol. The van der Waals surface area contributed by atoms with E-state index in [2.05, 4.69) is 0 Å². The predicted octanol–water partition coefficient (Wildman–Crippen LogP) is 2.33. The average Bonchev–Trinajstić information content (AvgIpc) is 2.27. The van der Waals surface area contributed by atoms with Crippen molar-refractivity contribution >= 4 is 29.2 Å². The van der Waals surface area contributed by atoms with Gasteiger partial charge in [-0.3, -0.25) is 0 Å². The summed E-state index contributed by atoms with van der Waals surface area (Å²) >= 11 is 5.84. The minimum Gasteiger partial charge on any atom is -0.479 e. The van der Waals surface area contributed by atoms with Crippen LogP contribution in [0, 0.1) is 0 Å². The first-order valence-electron chi connectivity index (χ1n) is 5.44. The second-order valence-corrected chi connectivity index (χ2v) is 4.17. The highest BCUT2D eigenvalue weighted by Crippen LogP contribution is 2.21. The number of carbonyl (C=O) groups excluding carboxylic acids is 1. The molecule has 0 heterocycles. The van der Waals surface area contributed by atoms with Crippen molar-refractivity contribution in [2.24, 2.45) is 0 Å². The molecule has 0 bridgehead atoms. The molecule has 98 valence electrons. The van der Waals surface area contributed by atoms with Gasteiger partial charge in [0.2, 0.25) is 0 Å². The SMILES string of the molecule is CCCC(OC(=O)c1ccc(N)cc1Cl)C(=O)O. The summed E-state index contributed by atoms with van der Waals surface area (Å²) in [6.45, 7) is 1.81. The molecule has 0 aromatic heterocycles. The molecule has 0 aliphatic carbocycles. The minimum absolute atomic E-state index is 0.105. The molecule has 1 aromatic rings. The van der Waals surface area contributed by atoms with Crippen molar-refractivity contribution in [3.63, 3.8) is 0 Å². The molecule has 1 unspecified atom stereocenters. The highest BCUT2D eigenvalue weighted by Gasteiger charge is 2.23. The predicted molar refractivity (Wildman–Crippen MR) is 67.6 cm³/mol. The molecule has 0 saturated carbocycles. The molecule has 1 rings (SSSR count). The molecule has 1 aromatic carbocycles. The summed E-state index contributed by atoms with van der Waals surface area (Å²) < 4.78 is 4.90. The zero-order chi connectivity index (χ0) is 13.7. The van der Waals surface area contributed by atoms with Crippen molar-refractivity contribution in [1.82, 2.24) is 0 Å². The number of carbonyl (C=O) groups is 2. The summed E-state index contributed by atoms with van der Waals surface area (Å²) in [6.07, 6.45) is -0.302. The Kier molecular flexibility index (Phi) is 4.97. The van der Waals surface area contributed by atoms with Crippen LogP contribution in [0.15, 0.2) is 18.2 Å². The first-order chi connectivity index (χ1) is 8.45. The molecule has 0 fully saturated rings. The number of halogens is 1. The van der Waals surface area contributed by atoms with Gasteiger partial charge in [0.1, 0.15) is 0 Å². The van der Waals surface area contributed by atoms with Gasteiger partial charge in [0, 0.05) is 5.69 Å². The maximum Gasteiger partial charge on any atom is 0.345 e. The standard InChI is InChI=1S/C12H14ClNO4/c1-2-3-10(11(15)16)18-12(17)8-5-4-7(14)6-9(8)13/h4-6,10H,2-3,14H2,1H3,(H,15,16). The van der Waals surface area contributed by atoms with E-state index in [-0.39, 0.29) is 17.0 Å². The van der Waals surface area contributed by atoms with Crippen LogP contribution in [0.25, 0.3) is 0 Å². The molecule has 5 nitrogen and oxygen atoms in total. The largest absolute Gasteiger partial charge is 0.479 e. The van der Waals surface area contributed by atoms with Gasteiger partial charge < -0.3 is 15.6 Å². The molecule has 0 radical (unpaired) electrons. The van der Waals surface area contributed by atoms with Crippen LogP contribution in [0.4, 0.5) is 5.69 Å². The Hall–Kier alpha value is -1.75. The Morgan fingerprint density at radius 1 is 1.50 bits per heavy atom. The molecule has 0 saturated heterocycles. The lowest BCUT2D eigenvalue weighted by Gasteiger charge is -2.13. The van der Waals surface area contributed by atoms with Gasteiger partial charge in [0.05, 0.1) is 10.6 Å². The third-order valence-electron chi connectivity index (χ3n) is 2.29. The number of nitrogen functional groups attached to an aromatic ring is 1. The number of anilines is 1. The number of carboxylic acids is 1. The first kappa shape index (κ1) is 14.3. The van der Waals surface area contributed by atoms with Crippen molar-refractivity contribution in [2.45, 2.75) is 25.9 Å². The highest BCUT2D eigenvalue weighted by atomic mass is 35.5. The van der Waals surface area contributed by atoms with Gasteiger partial charge in [-0.1, -0.05) is 24.9 Å². The van der Waals surface area contributed by atoms with Gasteiger partial charge in [-0.15, -0.1) is 0 Å². The van der Waals surface area contributed by atoms with Crippen LogP contribution >= 0.6 is 11.6 Å². The van der Waals surface area contributed by atoms with Gasteiger partial charge in [-0.2, -0.15) is 0 Å². The molecule has 0 aliphatic rings. The maximum absolute atomic E-state index is 11.8. The number of ether oxygens (including phenoxy) is 1. The van der Waals surface area contributed by atoms with Crippen LogP contribution in [-0.2, 0) is 9.53 Å². The molecule has 6 heteroatoms. The Balaban J connectivity index is 2.83. The van der Waals surface area contributed by atoms with Gasteiger partial charge in [-0.25, -0.2) is 9.59 Å². The first-order valence-corrected chi connectivity index (χ1v) is 5.82. The van der Waals surface area contributed by atoms with Crippen molar-refractivity contribution in [3.05, 3.63) is 28.8 Å².